The Morgan fingerprint density at radius 3 is 2.63 bits per heavy atom. The normalized spacial score (nSPS) is 10.2. The Kier molecular flexibility index (Phi) is 3.73. The number of ether oxygens (including phenoxy) is 1. The third-order valence-corrected chi connectivity index (χ3v) is 2.66. The molecule has 0 unspecified atom stereocenters. The minimum absolute atomic E-state index is 0.00686. The van der Waals surface area contributed by atoms with E-state index in [4.69, 9.17) is 33.7 Å². The molecule has 0 atom stereocenters. The first kappa shape index (κ1) is 13.4. The average molecular weight is 300 g/mol. The summed E-state index contributed by atoms with van der Waals surface area (Å²) in [5.41, 5.74) is 5.34. The Morgan fingerprint density at radius 2 is 2.05 bits per heavy atom. The van der Waals surface area contributed by atoms with Crippen molar-refractivity contribution >= 4 is 34.6 Å². The van der Waals surface area contributed by atoms with Gasteiger partial charge in [0.05, 0.1) is 9.95 Å². The van der Waals surface area contributed by atoms with E-state index in [1.54, 1.807) is 0 Å². The highest BCUT2D eigenvalue weighted by Gasteiger charge is 2.13. The van der Waals surface area contributed by atoms with E-state index in [1.807, 2.05) is 0 Å². The second-order valence-corrected chi connectivity index (χ2v) is 4.36. The molecule has 2 rings (SSSR count). The van der Waals surface area contributed by atoms with Crippen LogP contribution in [-0.4, -0.2) is 9.91 Å². The summed E-state index contributed by atoms with van der Waals surface area (Å²) in [7, 11) is 0. The van der Waals surface area contributed by atoms with Gasteiger partial charge in [0.1, 0.15) is 16.5 Å². The molecule has 0 bridgehead atoms. The van der Waals surface area contributed by atoms with Crippen LogP contribution in [0.15, 0.2) is 30.5 Å². The van der Waals surface area contributed by atoms with E-state index < -0.39 is 4.92 Å². The van der Waals surface area contributed by atoms with Gasteiger partial charge in [0.25, 0.3) is 5.69 Å². The Balaban J connectivity index is 2.29. The van der Waals surface area contributed by atoms with Crippen LogP contribution in [0.1, 0.15) is 0 Å². The number of nitrogens with zero attached hydrogens (tertiary/aromatic N) is 2. The Bertz CT molecular complexity index is 649. The predicted octanol–water partition coefficient (Wildman–Crippen LogP) is 3.67. The second-order valence-electron chi connectivity index (χ2n) is 3.52. The summed E-state index contributed by atoms with van der Waals surface area (Å²) in [6.45, 7) is 0. The van der Waals surface area contributed by atoms with E-state index in [2.05, 4.69) is 4.98 Å². The van der Waals surface area contributed by atoms with Gasteiger partial charge >= 0.3 is 0 Å². The number of anilines is 1. The number of nitro benzene ring substituents is 1. The van der Waals surface area contributed by atoms with Crippen LogP contribution in [0.5, 0.6) is 11.6 Å². The van der Waals surface area contributed by atoms with Crippen molar-refractivity contribution in [1.29, 1.82) is 0 Å². The van der Waals surface area contributed by atoms with Crippen LogP contribution in [0, 0.1) is 10.1 Å². The van der Waals surface area contributed by atoms with Gasteiger partial charge in [-0.3, -0.25) is 10.1 Å². The van der Waals surface area contributed by atoms with Crippen LogP contribution >= 0.6 is 23.2 Å². The number of benzene rings is 1. The van der Waals surface area contributed by atoms with Crippen molar-refractivity contribution in [2.45, 2.75) is 0 Å². The van der Waals surface area contributed by atoms with Gasteiger partial charge in [-0.15, -0.1) is 0 Å². The van der Waals surface area contributed by atoms with E-state index >= 15 is 0 Å². The van der Waals surface area contributed by atoms with Gasteiger partial charge in [0.15, 0.2) is 0 Å². The van der Waals surface area contributed by atoms with Crippen LogP contribution in [0.2, 0.25) is 10.0 Å². The van der Waals surface area contributed by atoms with Crippen LogP contribution < -0.4 is 10.5 Å². The number of nitrogens with two attached hydrogens (primary N) is 1. The third kappa shape index (κ3) is 3.04. The van der Waals surface area contributed by atoms with Gasteiger partial charge < -0.3 is 10.5 Å². The van der Waals surface area contributed by atoms with Gasteiger partial charge in [-0.25, -0.2) is 4.98 Å². The number of hydrogen-bond acceptors (Lipinski definition) is 5. The van der Waals surface area contributed by atoms with Crippen LogP contribution in [-0.2, 0) is 0 Å². The molecule has 0 saturated carbocycles. The molecule has 2 N–H and O–H groups in total. The standard InChI is InChI=1S/C11H7Cl2N3O3/c12-6-3-8(13)11(15-5-6)19-7-1-2-10(16(17)18)9(14)4-7/h1-5H,14H2. The number of aromatic nitrogens is 1. The Morgan fingerprint density at radius 1 is 1.32 bits per heavy atom. The highest BCUT2D eigenvalue weighted by Crippen LogP contribution is 2.32. The van der Waals surface area contributed by atoms with Gasteiger partial charge in [0.2, 0.25) is 5.88 Å². The molecule has 2 aromatic rings. The Hall–Kier alpha value is -2.05. The fraction of sp³-hybridized carbons (Fsp3) is 0. The average Bonchev–Trinajstić information content (AvgIpc) is 2.32. The molecule has 19 heavy (non-hydrogen) atoms. The molecule has 98 valence electrons. The molecule has 0 aliphatic carbocycles. The Labute approximate surface area is 117 Å². The number of hydrogen-bond donors (Lipinski definition) is 1. The molecule has 0 fully saturated rings. The zero-order chi connectivity index (χ0) is 14.0. The van der Waals surface area contributed by atoms with Gasteiger partial charge in [0, 0.05) is 18.3 Å². The van der Waals surface area contributed by atoms with Crippen LogP contribution in [0.4, 0.5) is 11.4 Å². The maximum absolute atomic E-state index is 10.6. The molecule has 1 aromatic carbocycles. The lowest BCUT2D eigenvalue weighted by atomic mass is 10.2. The quantitative estimate of drug-likeness (QED) is 0.530. The molecule has 6 nitrogen and oxygen atoms in total. The first-order valence-electron chi connectivity index (χ1n) is 5.00. The van der Waals surface area contributed by atoms with Crippen molar-refractivity contribution in [3.05, 3.63) is 50.6 Å². The number of rotatable bonds is 3. The van der Waals surface area contributed by atoms with Crippen molar-refractivity contribution < 1.29 is 9.66 Å². The molecule has 0 aliphatic heterocycles. The van der Waals surface area contributed by atoms with Crippen LogP contribution in [0.3, 0.4) is 0 Å². The SMILES string of the molecule is Nc1cc(Oc2ncc(Cl)cc2Cl)ccc1[N+](=O)[O-]. The van der Waals surface area contributed by atoms with Crippen molar-refractivity contribution in [2.24, 2.45) is 0 Å². The van der Waals surface area contributed by atoms with Crippen molar-refractivity contribution in [2.75, 3.05) is 5.73 Å². The fourth-order valence-corrected chi connectivity index (χ4v) is 1.77. The van der Waals surface area contributed by atoms with Crippen LogP contribution in [0.25, 0.3) is 0 Å². The lowest BCUT2D eigenvalue weighted by Crippen LogP contribution is -1.96. The van der Waals surface area contributed by atoms with E-state index in [1.165, 1.54) is 30.5 Å². The fourth-order valence-electron chi connectivity index (χ4n) is 1.35. The van der Waals surface area contributed by atoms with E-state index in [0.29, 0.717) is 10.8 Å². The number of nitrogen functional groups attached to an aromatic ring is 1. The summed E-state index contributed by atoms with van der Waals surface area (Å²) in [4.78, 5) is 13.9. The minimum Gasteiger partial charge on any atom is -0.437 e. The van der Waals surface area contributed by atoms with E-state index in [0.717, 1.165) is 0 Å². The molecule has 0 saturated heterocycles. The first-order valence-corrected chi connectivity index (χ1v) is 5.76. The lowest BCUT2D eigenvalue weighted by molar-refractivity contribution is -0.383. The molecule has 8 heteroatoms. The van der Waals surface area contributed by atoms with Crippen molar-refractivity contribution in [1.82, 2.24) is 4.98 Å². The second kappa shape index (κ2) is 5.29. The minimum atomic E-state index is -0.577. The highest BCUT2D eigenvalue weighted by molar-refractivity contribution is 6.35. The van der Waals surface area contributed by atoms with Crippen molar-refractivity contribution in [3.8, 4) is 11.6 Å². The predicted molar refractivity (Wildman–Crippen MR) is 71.8 cm³/mol. The largest absolute Gasteiger partial charge is 0.437 e. The summed E-state index contributed by atoms with van der Waals surface area (Å²) in [6, 6.07) is 5.44. The van der Waals surface area contributed by atoms with E-state index in [-0.39, 0.29) is 22.3 Å². The molecule has 0 aliphatic rings. The molecule has 1 aromatic heterocycles. The van der Waals surface area contributed by atoms with E-state index in [9.17, 15) is 10.1 Å². The molecule has 1 heterocycles. The maximum Gasteiger partial charge on any atom is 0.292 e. The highest BCUT2D eigenvalue weighted by atomic mass is 35.5. The monoisotopic (exact) mass is 299 g/mol. The van der Waals surface area contributed by atoms with Crippen molar-refractivity contribution in [3.63, 3.8) is 0 Å². The summed E-state index contributed by atoms with van der Waals surface area (Å²) in [5, 5.41) is 11.2. The molecule has 0 radical (unpaired) electrons. The summed E-state index contributed by atoms with van der Waals surface area (Å²) in [5.74, 6) is 0.430. The summed E-state index contributed by atoms with van der Waals surface area (Å²) < 4.78 is 5.38. The number of nitro groups is 1. The summed E-state index contributed by atoms with van der Waals surface area (Å²) in [6.07, 6.45) is 1.37. The molecule has 0 spiro atoms. The molecular weight excluding hydrogens is 293 g/mol. The molecule has 0 amide bonds. The lowest BCUT2D eigenvalue weighted by Gasteiger charge is -2.07. The topological polar surface area (TPSA) is 91.3 Å². The zero-order valence-corrected chi connectivity index (χ0v) is 10.9. The van der Waals surface area contributed by atoms with Gasteiger partial charge in [-0.2, -0.15) is 0 Å². The zero-order valence-electron chi connectivity index (χ0n) is 9.34. The van der Waals surface area contributed by atoms with Gasteiger partial charge in [-0.05, 0) is 12.1 Å². The number of pyridine rings is 1. The smallest absolute Gasteiger partial charge is 0.292 e. The first-order chi connectivity index (χ1) is 8.97. The maximum atomic E-state index is 10.6. The van der Waals surface area contributed by atoms with Gasteiger partial charge in [-0.1, -0.05) is 23.2 Å². The summed E-state index contributed by atoms with van der Waals surface area (Å²) >= 11 is 11.6. The third-order valence-electron chi connectivity index (χ3n) is 2.18. The molecular formula is C11H7Cl2N3O3. The number of halogens is 2.